The fourth-order valence-corrected chi connectivity index (χ4v) is 1.34. The predicted molar refractivity (Wildman–Crippen MR) is 49.6 cm³/mol. The van der Waals surface area contributed by atoms with E-state index < -0.39 is 35.6 Å². The van der Waals surface area contributed by atoms with Crippen LogP contribution in [-0.2, 0) is 10.3 Å². The molecule has 1 rings (SSSR count). The van der Waals surface area contributed by atoms with Crippen molar-refractivity contribution < 1.29 is 36.2 Å². The number of carbonyl (C=O) groups is 1. The van der Waals surface area contributed by atoms with Crippen LogP contribution in [0, 0.1) is 0 Å². The van der Waals surface area contributed by atoms with Gasteiger partial charge in [0.25, 0.3) is 0 Å². The van der Waals surface area contributed by atoms with E-state index in [1.54, 1.807) is 0 Å². The Bertz CT molecular complexity index is 492. The zero-order valence-corrected chi connectivity index (χ0v) is 9.99. The Morgan fingerprint density at radius 2 is 1.60 bits per heavy atom. The van der Waals surface area contributed by atoms with Crippen LogP contribution in [0.1, 0.15) is 25.6 Å². The SMILES string of the molecule is CC(C)(C(=O)O)n1nnnc1C(C(F)(F)F)C(F)(F)F. The Balaban J connectivity index is 3.47. The van der Waals surface area contributed by atoms with E-state index in [0.717, 1.165) is 13.8 Å². The maximum Gasteiger partial charge on any atom is 0.407 e. The number of aromatic nitrogens is 4. The number of carboxylic acid groups (broad SMARTS) is 1. The van der Waals surface area contributed by atoms with Crippen LogP contribution >= 0.6 is 0 Å². The quantitative estimate of drug-likeness (QED) is 0.860. The number of hydrogen-bond acceptors (Lipinski definition) is 4. The Hall–Kier alpha value is -1.88. The molecule has 0 radical (unpaired) electrons. The average molecular weight is 306 g/mol. The highest BCUT2D eigenvalue weighted by Crippen LogP contribution is 2.46. The third kappa shape index (κ3) is 2.82. The highest BCUT2D eigenvalue weighted by Gasteiger charge is 2.61. The molecule has 0 saturated carbocycles. The van der Waals surface area contributed by atoms with E-state index >= 15 is 0 Å². The Morgan fingerprint density at radius 1 is 1.15 bits per heavy atom. The summed E-state index contributed by atoms with van der Waals surface area (Å²) < 4.78 is 75.4. The van der Waals surface area contributed by atoms with Crippen LogP contribution in [0.5, 0.6) is 0 Å². The van der Waals surface area contributed by atoms with E-state index in [4.69, 9.17) is 5.11 Å². The molecule has 0 atom stereocenters. The molecule has 114 valence electrons. The highest BCUT2D eigenvalue weighted by atomic mass is 19.4. The predicted octanol–water partition coefficient (Wildman–Crippen LogP) is 1.70. The third-order valence-corrected chi connectivity index (χ3v) is 2.46. The first kappa shape index (κ1) is 16.2. The number of rotatable bonds is 3. The van der Waals surface area contributed by atoms with Gasteiger partial charge in [0.2, 0.25) is 5.92 Å². The highest BCUT2D eigenvalue weighted by molar-refractivity contribution is 5.75. The molecule has 0 aliphatic heterocycles. The van der Waals surface area contributed by atoms with Crippen LogP contribution in [-0.4, -0.2) is 43.6 Å². The lowest BCUT2D eigenvalue weighted by Gasteiger charge is -2.26. The van der Waals surface area contributed by atoms with Crippen molar-refractivity contribution in [1.82, 2.24) is 20.2 Å². The van der Waals surface area contributed by atoms with Gasteiger partial charge in [-0.1, -0.05) is 0 Å². The zero-order valence-electron chi connectivity index (χ0n) is 9.99. The number of aliphatic carboxylic acids is 1. The second-order valence-electron chi connectivity index (χ2n) is 4.33. The van der Waals surface area contributed by atoms with Crippen molar-refractivity contribution in [2.45, 2.75) is 37.7 Å². The first-order valence-corrected chi connectivity index (χ1v) is 4.95. The smallest absolute Gasteiger partial charge is 0.407 e. The maximum absolute atomic E-state index is 12.6. The van der Waals surface area contributed by atoms with Crippen molar-refractivity contribution in [3.05, 3.63) is 5.82 Å². The molecule has 0 saturated heterocycles. The van der Waals surface area contributed by atoms with Gasteiger partial charge in [0.15, 0.2) is 11.4 Å². The fourth-order valence-electron chi connectivity index (χ4n) is 1.34. The normalized spacial score (nSPS) is 13.8. The second-order valence-corrected chi connectivity index (χ2v) is 4.33. The molecular weight excluding hydrogens is 298 g/mol. The van der Waals surface area contributed by atoms with Crippen LogP contribution in [0.25, 0.3) is 0 Å². The number of halogens is 6. The molecule has 20 heavy (non-hydrogen) atoms. The van der Waals surface area contributed by atoms with E-state index in [-0.39, 0.29) is 4.68 Å². The lowest BCUT2D eigenvalue weighted by molar-refractivity contribution is -0.256. The molecule has 0 amide bonds. The van der Waals surface area contributed by atoms with Gasteiger partial charge in [0.1, 0.15) is 0 Å². The minimum absolute atomic E-state index is 0.000972. The van der Waals surface area contributed by atoms with Gasteiger partial charge in [0, 0.05) is 0 Å². The zero-order chi connectivity index (χ0) is 15.9. The maximum atomic E-state index is 12.6. The molecule has 0 aliphatic rings. The third-order valence-electron chi connectivity index (χ3n) is 2.46. The van der Waals surface area contributed by atoms with E-state index in [2.05, 4.69) is 15.5 Å². The minimum atomic E-state index is -5.71. The van der Waals surface area contributed by atoms with Gasteiger partial charge in [-0.15, -0.1) is 5.10 Å². The summed E-state index contributed by atoms with van der Waals surface area (Å²) in [5.74, 6) is -7.28. The van der Waals surface area contributed by atoms with Gasteiger partial charge in [-0.3, -0.25) is 0 Å². The molecule has 0 unspecified atom stereocenters. The number of tetrazole rings is 1. The Labute approximate surface area is 107 Å². The van der Waals surface area contributed by atoms with Gasteiger partial charge >= 0.3 is 18.3 Å². The Kier molecular flexibility index (Phi) is 3.72. The van der Waals surface area contributed by atoms with Crippen molar-refractivity contribution in [1.29, 1.82) is 0 Å². The summed E-state index contributed by atoms with van der Waals surface area (Å²) in [6.45, 7) is 1.75. The van der Waals surface area contributed by atoms with Gasteiger partial charge in [-0.25, -0.2) is 9.48 Å². The van der Waals surface area contributed by atoms with Gasteiger partial charge < -0.3 is 5.11 Å². The van der Waals surface area contributed by atoms with Crippen LogP contribution < -0.4 is 0 Å². The van der Waals surface area contributed by atoms with Crippen LogP contribution in [0.4, 0.5) is 26.3 Å². The van der Waals surface area contributed by atoms with Crippen molar-refractivity contribution in [2.75, 3.05) is 0 Å². The minimum Gasteiger partial charge on any atom is -0.479 e. The standard InChI is InChI=1S/C8H8F6N4O2/c1-6(2,5(19)20)18-4(15-16-17-18)3(7(9,10)11)8(12,13)14/h3H,1-2H3,(H,19,20). The van der Waals surface area contributed by atoms with Gasteiger partial charge in [0.05, 0.1) is 0 Å². The largest absolute Gasteiger partial charge is 0.479 e. The average Bonchev–Trinajstić information content (AvgIpc) is 2.61. The summed E-state index contributed by atoms with van der Waals surface area (Å²) >= 11 is 0. The monoisotopic (exact) mass is 306 g/mol. The summed E-state index contributed by atoms with van der Waals surface area (Å²) in [5.41, 5.74) is -2.17. The molecule has 0 spiro atoms. The van der Waals surface area contributed by atoms with Crippen LogP contribution in [0.3, 0.4) is 0 Å². The molecule has 0 aromatic carbocycles. The summed E-state index contributed by atoms with van der Waals surface area (Å²) in [4.78, 5) is 10.9. The number of carboxylic acids is 1. The van der Waals surface area contributed by atoms with E-state index in [9.17, 15) is 31.1 Å². The lowest BCUT2D eigenvalue weighted by atomic mass is 10.0. The summed E-state index contributed by atoms with van der Waals surface area (Å²) in [5, 5.41) is 17.2. The van der Waals surface area contributed by atoms with E-state index in [1.165, 1.54) is 0 Å². The molecule has 1 N–H and O–H groups in total. The molecule has 1 heterocycles. The summed E-state index contributed by atoms with van der Waals surface area (Å²) in [7, 11) is 0. The summed E-state index contributed by atoms with van der Waals surface area (Å²) in [6.07, 6.45) is -11.4. The number of nitrogens with zero attached hydrogens (tertiary/aromatic N) is 4. The van der Waals surface area contributed by atoms with E-state index in [1.807, 2.05) is 0 Å². The molecule has 12 heteroatoms. The number of alkyl halides is 6. The molecule has 0 bridgehead atoms. The first-order valence-electron chi connectivity index (χ1n) is 4.95. The lowest BCUT2D eigenvalue weighted by Crippen LogP contribution is -2.43. The molecule has 6 nitrogen and oxygen atoms in total. The van der Waals surface area contributed by atoms with Crippen LogP contribution in [0.2, 0.25) is 0 Å². The molecule has 0 aliphatic carbocycles. The van der Waals surface area contributed by atoms with Crippen molar-refractivity contribution in [3.63, 3.8) is 0 Å². The fraction of sp³-hybridized carbons (Fsp3) is 0.750. The Morgan fingerprint density at radius 3 is 1.95 bits per heavy atom. The topological polar surface area (TPSA) is 80.9 Å². The molecule has 0 fully saturated rings. The first-order chi connectivity index (χ1) is 8.79. The van der Waals surface area contributed by atoms with Crippen molar-refractivity contribution >= 4 is 5.97 Å². The van der Waals surface area contributed by atoms with Crippen molar-refractivity contribution in [2.24, 2.45) is 0 Å². The summed E-state index contributed by atoms with van der Waals surface area (Å²) in [6, 6.07) is 0. The molecule has 1 aromatic rings. The number of hydrogen-bond donors (Lipinski definition) is 1. The molecular formula is C8H8F6N4O2. The van der Waals surface area contributed by atoms with Crippen molar-refractivity contribution in [3.8, 4) is 0 Å². The van der Waals surface area contributed by atoms with E-state index in [0.29, 0.717) is 0 Å². The van der Waals surface area contributed by atoms with Gasteiger partial charge in [-0.2, -0.15) is 26.3 Å². The molecule has 1 aromatic heterocycles. The second kappa shape index (κ2) is 4.59. The van der Waals surface area contributed by atoms with Gasteiger partial charge in [-0.05, 0) is 24.3 Å². The van der Waals surface area contributed by atoms with Crippen LogP contribution in [0.15, 0.2) is 0 Å².